The predicted molar refractivity (Wildman–Crippen MR) is 301 cm³/mol. The van der Waals surface area contributed by atoms with Crippen LogP contribution in [0.5, 0.6) is 0 Å². The Bertz CT molecular complexity index is 3340. The van der Waals surface area contributed by atoms with E-state index in [2.05, 4.69) is 62.5 Å². The summed E-state index contributed by atoms with van der Waals surface area (Å²) < 4.78 is 7.35. The second-order valence-electron chi connectivity index (χ2n) is 21.9. The van der Waals surface area contributed by atoms with Gasteiger partial charge < -0.3 is 86.3 Å². The number of halogens is 1. The van der Waals surface area contributed by atoms with E-state index in [0.29, 0.717) is 96.5 Å². The van der Waals surface area contributed by atoms with Crippen molar-refractivity contribution in [1.82, 2.24) is 83.7 Å². The number of nitrogens with zero attached hydrogens (tertiary/aromatic N) is 15. The number of fused-ring (bicyclic) bond motifs is 2. The van der Waals surface area contributed by atoms with Gasteiger partial charge in [-0.15, -0.1) is 0 Å². The molecule has 4 aliphatic rings. The summed E-state index contributed by atoms with van der Waals surface area (Å²) in [4.78, 5) is 75.4. The monoisotopic (exact) mass is 1150 g/mol. The topological polar surface area (TPSA) is 393 Å². The zero-order valence-corrected chi connectivity index (χ0v) is 46.2. The van der Waals surface area contributed by atoms with E-state index in [1.54, 1.807) is 29.9 Å². The maximum Gasteiger partial charge on any atom is 0.246 e. The summed E-state index contributed by atoms with van der Waals surface area (Å²) in [6.45, 7) is -0.333. The molecular formula is C51H70ClN23O7. The Kier molecular flexibility index (Phi) is 17.0. The van der Waals surface area contributed by atoms with Gasteiger partial charge in [-0.2, -0.15) is 34.9 Å². The molecule has 7 aromatic rings. The van der Waals surface area contributed by atoms with Crippen LogP contribution in [0, 0.1) is 0 Å². The van der Waals surface area contributed by atoms with Crippen molar-refractivity contribution >= 4 is 81.2 Å². The number of hydrogen-bond acceptors (Lipinski definition) is 24. The van der Waals surface area contributed by atoms with E-state index in [1.165, 1.54) is 0 Å². The lowest BCUT2D eigenvalue weighted by Crippen LogP contribution is -2.44. The molecule has 2 amide bonds. The summed E-state index contributed by atoms with van der Waals surface area (Å²) in [5.74, 6) is 1.46. The number of amides is 2. The number of rotatable bonds is 22. The van der Waals surface area contributed by atoms with Crippen LogP contribution in [0.25, 0.3) is 22.3 Å². The van der Waals surface area contributed by atoms with Gasteiger partial charge in [0.25, 0.3) is 0 Å². The lowest BCUT2D eigenvalue weighted by Gasteiger charge is -2.31. The van der Waals surface area contributed by atoms with Crippen LogP contribution >= 0.6 is 11.6 Å². The van der Waals surface area contributed by atoms with Gasteiger partial charge in [-0.05, 0) is 82.2 Å². The van der Waals surface area contributed by atoms with Gasteiger partial charge in [0.05, 0.1) is 60.9 Å². The summed E-state index contributed by atoms with van der Waals surface area (Å²) >= 11 is 6.52. The standard InChI is InChI=1S/C51H70ClN23O7/c1-72-18-30(55-22-72)11-13-53-48-65-43(39-45(67-48)74(24-57-39)34-15-32(16-36(34)78)59-37(79)20-76)60-26-3-7-28(8-4-26)62-50-69-47(52)70-51(71-50)63-29-9-5-27(6-10-29)61-44-40-46(68-49(66-44)54-14-12-31-19-73(2)23-56-31)75(25-58-40)35-17-33(41(81)42(35)82)64-38(80)21-77/h18-19,22-29,32-36,41-42,76-78,81-82H,3-17,20-21H2,1-2H3,(H,59,79)(H,64,80)(H2,53,60,65,67)(H2,54,61,66,68)(H2,62,63,69,70,71)/t26?,27?,28?,29?,32-,33-,34+,35+,36+,41+,42-/m0/s1. The lowest BCUT2D eigenvalue weighted by molar-refractivity contribution is -0.125. The van der Waals surface area contributed by atoms with Crippen LogP contribution in [-0.4, -0.2) is 191 Å². The van der Waals surface area contributed by atoms with Crippen LogP contribution in [0.4, 0.5) is 35.4 Å². The number of nitrogens with one attached hydrogen (secondary N) is 8. The molecule has 0 saturated heterocycles. The van der Waals surface area contributed by atoms with E-state index in [9.17, 15) is 35.1 Å². The molecule has 82 heavy (non-hydrogen) atoms. The summed E-state index contributed by atoms with van der Waals surface area (Å²) in [5, 5.41) is 78.2. The number of hydrogen-bond donors (Lipinski definition) is 13. The van der Waals surface area contributed by atoms with Crippen LogP contribution in [0.2, 0.25) is 5.28 Å². The first-order chi connectivity index (χ1) is 39.7. The quantitative estimate of drug-likeness (QED) is 0.0441. The van der Waals surface area contributed by atoms with Gasteiger partial charge >= 0.3 is 0 Å². The summed E-state index contributed by atoms with van der Waals surface area (Å²) in [7, 11) is 3.84. The minimum Gasteiger partial charge on any atom is -0.391 e. The van der Waals surface area contributed by atoms with E-state index >= 15 is 0 Å². The summed E-state index contributed by atoms with van der Waals surface area (Å²) in [6.07, 6.45) is 15.9. The number of aryl methyl sites for hydroxylation is 2. The SMILES string of the molecule is Cn1cnc(CCNc2nc(NC3CCC(Nc4nc(Cl)nc(NC5CCC(Nc6nc(NCCc7cn(C)cn7)nc7c6ncn7[C@@H]6C[C@H](NC(=O)CO)C[C@H]6O)CC5)n4)CC3)c3ncn([C@@H]4C[C@H](NC(=O)CO)[C@@H](O)[C@H]4O)c3n2)c1. The molecule has 0 radical (unpaired) electrons. The fraction of sp³-hybridized carbons (Fsp3) is 0.588. The van der Waals surface area contributed by atoms with Crippen molar-refractivity contribution in [2.24, 2.45) is 14.1 Å². The molecule has 0 aliphatic heterocycles. The number of aromatic nitrogens is 15. The normalized spacial score (nSPS) is 25.5. The Morgan fingerprint density at radius 2 is 1.01 bits per heavy atom. The third-order valence-corrected chi connectivity index (χ3v) is 16.1. The average Bonchev–Trinajstić information content (AvgIpc) is 4.07. The highest BCUT2D eigenvalue weighted by molar-refractivity contribution is 6.28. The van der Waals surface area contributed by atoms with E-state index in [0.717, 1.165) is 62.8 Å². The number of aliphatic hydroxyl groups is 5. The molecule has 438 valence electrons. The first-order valence-corrected chi connectivity index (χ1v) is 28.3. The van der Waals surface area contributed by atoms with Gasteiger partial charge in [-0.25, -0.2) is 19.9 Å². The minimum absolute atomic E-state index is 0.0246. The molecule has 0 aromatic carbocycles. The van der Waals surface area contributed by atoms with Crippen LogP contribution in [0.15, 0.2) is 37.7 Å². The van der Waals surface area contributed by atoms with Gasteiger partial charge in [0.2, 0.25) is 40.9 Å². The molecule has 7 heterocycles. The maximum absolute atomic E-state index is 12.0. The molecular weight excluding hydrogens is 1080 g/mol. The molecule has 0 bridgehead atoms. The van der Waals surface area contributed by atoms with Crippen LogP contribution in [-0.2, 0) is 36.5 Å². The molecule has 0 spiro atoms. The van der Waals surface area contributed by atoms with E-state index in [4.69, 9.17) is 46.5 Å². The molecule has 0 unspecified atom stereocenters. The predicted octanol–water partition coefficient (Wildman–Crippen LogP) is 0.568. The molecule has 13 N–H and O–H groups in total. The second-order valence-corrected chi connectivity index (χ2v) is 22.3. The van der Waals surface area contributed by atoms with Crippen molar-refractivity contribution in [2.75, 3.05) is 58.2 Å². The molecule has 4 saturated carbocycles. The first-order valence-electron chi connectivity index (χ1n) is 27.9. The smallest absolute Gasteiger partial charge is 0.246 e. The van der Waals surface area contributed by atoms with Crippen molar-refractivity contribution in [2.45, 2.75) is 150 Å². The van der Waals surface area contributed by atoms with Crippen molar-refractivity contribution in [1.29, 1.82) is 0 Å². The number of carbonyl (C=O) groups is 2. The van der Waals surface area contributed by atoms with Gasteiger partial charge in [0, 0.05) is 82.6 Å². The number of aliphatic hydroxyl groups excluding tert-OH is 5. The lowest BCUT2D eigenvalue weighted by atomic mass is 9.91. The molecule has 30 nitrogen and oxygen atoms in total. The highest BCUT2D eigenvalue weighted by atomic mass is 35.5. The number of imidazole rings is 4. The maximum atomic E-state index is 12.0. The highest BCUT2D eigenvalue weighted by Crippen LogP contribution is 2.37. The molecule has 4 fully saturated rings. The van der Waals surface area contributed by atoms with E-state index < -0.39 is 61.5 Å². The van der Waals surface area contributed by atoms with Gasteiger partial charge in [0.15, 0.2) is 34.0 Å². The summed E-state index contributed by atoms with van der Waals surface area (Å²) in [6, 6.07) is -1.99. The molecule has 11 rings (SSSR count). The van der Waals surface area contributed by atoms with Crippen molar-refractivity contribution in [3.05, 3.63) is 54.4 Å². The Labute approximate surface area is 475 Å². The third kappa shape index (κ3) is 13.0. The Morgan fingerprint density at radius 1 is 0.537 bits per heavy atom. The van der Waals surface area contributed by atoms with Crippen LogP contribution in [0.1, 0.15) is 94.1 Å². The second kappa shape index (κ2) is 24.8. The van der Waals surface area contributed by atoms with Crippen molar-refractivity contribution in [3.8, 4) is 0 Å². The van der Waals surface area contributed by atoms with Crippen LogP contribution < -0.4 is 42.5 Å². The Balaban J connectivity index is 0.707. The fourth-order valence-electron chi connectivity index (χ4n) is 11.8. The first kappa shape index (κ1) is 56.2. The Hall–Kier alpha value is -7.64. The van der Waals surface area contributed by atoms with E-state index in [1.807, 2.05) is 40.2 Å². The zero-order valence-electron chi connectivity index (χ0n) is 45.5. The average molecular weight is 1150 g/mol. The number of carbonyl (C=O) groups excluding carboxylic acids is 2. The third-order valence-electron chi connectivity index (χ3n) is 16.0. The number of anilines is 6. The van der Waals surface area contributed by atoms with Gasteiger partial charge in [-0.3, -0.25) is 9.59 Å². The van der Waals surface area contributed by atoms with Crippen molar-refractivity contribution < 1.29 is 35.1 Å². The minimum atomic E-state index is -1.27. The molecule has 7 aromatic heterocycles. The van der Waals surface area contributed by atoms with Crippen LogP contribution in [0.3, 0.4) is 0 Å². The largest absolute Gasteiger partial charge is 0.391 e. The highest BCUT2D eigenvalue weighted by Gasteiger charge is 2.44. The van der Waals surface area contributed by atoms with Crippen molar-refractivity contribution in [3.63, 3.8) is 0 Å². The van der Waals surface area contributed by atoms with Gasteiger partial charge in [0.1, 0.15) is 25.4 Å². The molecule has 7 atom stereocenters. The zero-order chi connectivity index (χ0) is 57.0. The van der Waals surface area contributed by atoms with E-state index in [-0.39, 0.29) is 41.9 Å². The molecule has 4 aliphatic carbocycles. The fourth-order valence-corrected chi connectivity index (χ4v) is 12.0. The summed E-state index contributed by atoms with van der Waals surface area (Å²) in [5.41, 5.74) is 3.87. The molecule has 31 heteroatoms. The Morgan fingerprint density at radius 3 is 1.49 bits per heavy atom. The van der Waals surface area contributed by atoms with Gasteiger partial charge in [-0.1, -0.05) is 0 Å².